The Morgan fingerprint density at radius 2 is 2.10 bits per heavy atom. The molecule has 0 aliphatic rings. The predicted molar refractivity (Wildman–Crippen MR) is 80.5 cm³/mol. The minimum absolute atomic E-state index is 0.0497. The Morgan fingerprint density at radius 3 is 2.67 bits per heavy atom. The van der Waals surface area contributed by atoms with E-state index in [1.54, 1.807) is 29.2 Å². The fraction of sp³-hybridized carbons (Fsp3) is 0.500. The Balaban J connectivity index is 2.73. The van der Waals surface area contributed by atoms with Gasteiger partial charge in [0.2, 0.25) is 0 Å². The lowest BCUT2D eigenvalue weighted by atomic mass is 10.2. The van der Waals surface area contributed by atoms with Crippen molar-refractivity contribution in [3.05, 3.63) is 29.8 Å². The summed E-state index contributed by atoms with van der Waals surface area (Å²) in [7, 11) is -2.08. The molecule has 0 saturated heterocycles. The highest BCUT2D eigenvalue weighted by Gasteiger charge is 2.17. The van der Waals surface area contributed by atoms with Gasteiger partial charge in [-0.05, 0) is 24.2 Å². The number of methoxy groups -OCH3 is 1. The van der Waals surface area contributed by atoms with Crippen LogP contribution in [0.1, 0.15) is 12.5 Å². The van der Waals surface area contributed by atoms with Gasteiger partial charge in [0.25, 0.3) is 0 Å². The summed E-state index contributed by atoms with van der Waals surface area (Å²) in [5.74, 6) is -0.425. The molecular weight excluding hydrogens is 292 g/mol. The van der Waals surface area contributed by atoms with Crippen LogP contribution in [-0.4, -0.2) is 51.8 Å². The third-order valence-corrected chi connectivity index (χ3v) is 4.89. The van der Waals surface area contributed by atoms with Crippen molar-refractivity contribution in [2.24, 2.45) is 5.73 Å². The Labute approximate surface area is 125 Å². The second kappa shape index (κ2) is 8.11. The smallest absolute Gasteiger partial charge is 0.319 e. The predicted octanol–water partition coefficient (Wildman–Crippen LogP) is 0.414. The summed E-state index contributed by atoms with van der Waals surface area (Å²) in [5, 5.41) is 0. The first-order valence-electron chi connectivity index (χ1n) is 6.74. The zero-order valence-corrected chi connectivity index (χ0v) is 13.2. The molecule has 0 saturated carbocycles. The minimum atomic E-state index is -3.39. The topological polar surface area (TPSA) is 89.7 Å². The van der Waals surface area contributed by atoms with Crippen LogP contribution in [0.25, 0.3) is 0 Å². The van der Waals surface area contributed by atoms with E-state index in [9.17, 15) is 13.2 Å². The second-order valence-corrected chi connectivity index (χ2v) is 6.72. The van der Waals surface area contributed by atoms with Gasteiger partial charge in [0.15, 0.2) is 9.84 Å². The van der Waals surface area contributed by atoms with Crippen molar-refractivity contribution < 1.29 is 17.9 Å². The van der Waals surface area contributed by atoms with E-state index in [-0.39, 0.29) is 29.7 Å². The van der Waals surface area contributed by atoms with Gasteiger partial charge in [0.05, 0.1) is 24.3 Å². The van der Waals surface area contributed by atoms with Crippen molar-refractivity contribution in [2.75, 3.05) is 32.5 Å². The number of nitrogens with zero attached hydrogens (tertiary/aromatic N) is 1. The molecule has 1 aromatic rings. The van der Waals surface area contributed by atoms with E-state index in [2.05, 4.69) is 4.74 Å². The number of hydrogen-bond donors (Lipinski definition) is 1. The van der Waals surface area contributed by atoms with Gasteiger partial charge in [0, 0.05) is 13.1 Å². The number of rotatable bonds is 8. The maximum atomic E-state index is 12.3. The Kier molecular flexibility index (Phi) is 6.80. The summed E-state index contributed by atoms with van der Waals surface area (Å²) in [6.07, 6.45) is 0. The van der Waals surface area contributed by atoms with Crippen LogP contribution in [0.5, 0.6) is 0 Å². The maximum Gasteiger partial charge on any atom is 0.319 e. The van der Waals surface area contributed by atoms with Gasteiger partial charge in [-0.2, -0.15) is 0 Å². The van der Waals surface area contributed by atoms with Crippen molar-refractivity contribution in [1.82, 2.24) is 4.90 Å². The SMILES string of the molecule is CCN(CCS(=O)(=O)c1cccc(CN)c1)CC(=O)OC. The number of ether oxygens (including phenoxy) is 1. The fourth-order valence-corrected chi connectivity index (χ4v) is 3.18. The Hall–Kier alpha value is -1.44. The summed E-state index contributed by atoms with van der Waals surface area (Å²) < 4.78 is 29.2. The molecule has 0 bridgehead atoms. The molecular formula is C14H22N2O4S. The molecule has 0 heterocycles. The summed E-state index contributed by atoms with van der Waals surface area (Å²) in [4.78, 5) is 13.2. The molecule has 0 radical (unpaired) electrons. The standard InChI is InChI=1S/C14H22N2O4S/c1-3-16(11-14(17)20-2)7-8-21(18,19)13-6-4-5-12(9-13)10-15/h4-6,9H,3,7-8,10-11,15H2,1-2H3. The number of nitrogens with two attached hydrogens (primary N) is 1. The lowest BCUT2D eigenvalue weighted by Crippen LogP contribution is -2.34. The molecule has 0 spiro atoms. The molecule has 0 atom stereocenters. The van der Waals surface area contributed by atoms with Crippen molar-refractivity contribution >= 4 is 15.8 Å². The van der Waals surface area contributed by atoms with Gasteiger partial charge < -0.3 is 10.5 Å². The van der Waals surface area contributed by atoms with E-state index in [1.807, 2.05) is 6.92 Å². The number of likely N-dealkylation sites (N-methyl/N-ethyl adjacent to an activating group) is 1. The van der Waals surface area contributed by atoms with E-state index < -0.39 is 9.84 Å². The van der Waals surface area contributed by atoms with Gasteiger partial charge in [-0.25, -0.2) is 8.42 Å². The normalized spacial score (nSPS) is 11.6. The molecule has 21 heavy (non-hydrogen) atoms. The molecule has 0 aliphatic carbocycles. The minimum Gasteiger partial charge on any atom is -0.468 e. The second-order valence-electron chi connectivity index (χ2n) is 4.62. The molecule has 7 heteroatoms. The van der Waals surface area contributed by atoms with Crippen molar-refractivity contribution in [3.8, 4) is 0 Å². The molecule has 0 fully saturated rings. The van der Waals surface area contributed by atoms with Crippen molar-refractivity contribution in [3.63, 3.8) is 0 Å². The van der Waals surface area contributed by atoms with E-state index in [0.29, 0.717) is 13.1 Å². The lowest BCUT2D eigenvalue weighted by Gasteiger charge is -2.18. The van der Waals surface area contributed by atoms with Crippen LogP contribution in [0, 0.1) is 0 Å². The molecule has 0 aliphatic heterocycles. The molecule has 2 N–H and O–H groups in total. The highest BCUT2D eigenvalue weighted by Crippen LogP contribution is 2.13. The molecule has 1 rings (SSSR count). The third kappa shape index (κ3) is 5.45. The van der Waals surface area contributed by atoms with Crippen LogP contribution in [0.4, 0.5) is 0 Å². The number of carbonyl (C=O) groups excluding carboxylic acids is 1. The Morgan fingerprint density at radius 1 is 1.38 bits per heavy atom. The summed E-state index contributed by atoms with van der Waals surface area (Å²) in [5.41, 5.74) is 6.30. The highest BCUT2D eigenvalue weighted by molar-refractivity contribution is 7.91. The van der Waals surface area contributed by atoms with Gasteiger partial charge >= 0.3 is 5.97 Å². The quantitative estimate of drug-likeness (QED) is 0.699. The van der Waals surface area contributed by atoms with Crippen LogP contribution >= 0.6 is 0 Å². The van der Waals surface area contributed by atoms with E-state index in [0.717, 1.165) is 5.56 Å². The summed E-state index contributed by atoms with van der Waals surface area (Å²) in [6, 6.07) is 6.62. The molecule has 0 unspecified atom stereocenters. The largest absolute Gasteiger partial charge is 0.468 e. The monoisotopic (exact) mass is 314 g/mol. The Bertz CT molecular complexity index is 572. The van der Waals surface area contributed by atoms with E-state index in [4.69, 9.17) is 5.73 Å². The molecule has 6 nitrogen and oxygen atoms in total. The van der Waals surface area contributed by atoms with Gasteiger partial charge in [0.1, 0.15) is 0 Å². The average molecular weight is 314 g/mol. The fourth-order valence-electron chi connectivity index (χ4n) is 1.83. The summed E-state index contributed by atoms with van der Waals surface area (Å²) >= 11 is 0. The third-order valence-electron chi connectivity index (χ3n) is 3.20. The van der Waals surface area contributed by atoms with Gasteiger partial charge in [-0.1, -0.05) is 19.1 Å². The first kappa shape index (κ1) is 17.6. The van der Waals surface area contributed by atoms with Crippen molar-refractivity contribution in [2.45, 2.75) is 18.4 Å². The molecule has 1 aromatic carbocycles. The first-order chi connectivity index (χ1) is 9.92. The molecule has 118 valence electrons. The number of esters is 1. The van der Waals surface area contributed by atoms with Crippen LogP contribution < -0.4 is 5.73 Å². The lowest BCUT2D eigenvalue weighted by molar-refractivity contribution is -0.141. The number of carbonyl (C=O) groups is 1. The van der Waals surface area contributed by atoms with E-state index >= 15 is 0 Å². The van der Waals surface area contributed by atoms with E-state index in [1.165, 1.54) is 7.11 Å². The van der Waals surface area contributed by atoms with Gasteiger partial charge in [-0.15, -0.1) is 0 Å². The number of benzene rings is 1. The van der Waals surface area contributed by atoms with Crippen LogP contribution in [-0.2, 0) is 25.9 Å². The summed E-state index contributed by atoms with van der Waals surface area (Å²) in [6.45, 7) is 3.11. The number of hydrogen-bond acceptors (Lipinski definition) is 6. The molecule has 0 amide bonds. The van der Waals surface area contributed by atoms with Crippen LogP contribution in [0.3, 0.4) is 0 Å². The van der Waals surface area contributed by atoms with Crippen LogP contribution in [0.15, 0.2) is 29.2 Å². The van der Waals surface area contributed by atoms with Crippen LogP contribution in [0.2, 0.25) is 0 Å². The zero-order valence-electron chi connectivity index (χ0n) is 12.4. The number of sulfone groups is 1. The first-order valence-corrected chi connectivity index (χ1v) is 8.39. The zero-order chi connectivity index (χ0) is 15.9. The van der Waals surface area contributed by atoms with Gasteiger partial charge in [-0.3, -0.25) is 9.69 Å². The highest BCUT2D eigenvalue weighted by atomic mass is 32.2. The maximum absolute atomic E-state index is 12.3. The molecule has 0 aromatic heterocycles. The average Bonchev–Trinajstić information content (AvgIpc) is 2.51. The van der Waals surface area contributed by atoms with Crippen molar-refractivity contribution in [1.29, 1.82) is 0 Å².